The second-order valence-electron chi connectivity index (χ2n) is 11.8. The Bertz CT molecular complexity index is 1670. The number of likely N-dealkylation sites (tertiary alicyclic amines) is 1. The van der Waals surface area contributed by atoms with Crippen LogP contribution in [-0.4, -0.2) is 68.7 Å². The van der Waals surface area contributed by atoms with Gasteiger partial charge in [-0.25, -0.2) is 19.3 Å². The van der Waals surface area contributed by atoms with Gasteiger partial charge in [-0.15, -0.1) is 0 Å². The number of carbonyl (C=O) groups is 1. The lowest BCUT2D eigenvalue weighted by Gasteiger charge is -2.33. The first-order chi connectivity index (χ1) is 21.0. The molecule has 5 heterocycles. The summed E-state index contributed by atoms with van der Waals surface area (Å²) in [5, 5.41) is 3.87. The standard InChI is InChI=1S/C33H37FN8O/c1-2-30(43)41-18-13-23(14-19-41)37-27-8-5-21-20-24(6-7-25(21)27)42-32(26-4-3-15-36-31(26)35)38-28-9-10-29(39-33(28)42)40-16-11-22(34)12-17-40/h2-4,6-7,9-10,15,20,22-23,27,37H,1,5,8,11-14,16-19H2,(H2,35,36). The molecule has 1 amide bonds. The van der Waals surface area contributed by atoms with E-state index in [0.717, 1.165) is 67.0 Å². The molecule has 1 aromatic carbocycles. The van der Waals surface area contributed by atoms with Crippen molar-refractivity contribution in [3.63, 3.8) is 0 Å². The summed E-state index contributed by atoms with van der Waals surface area (Å²) in [5.41, 5.74) is 12.2. The molecule has 1 unspecified atom stereocenters. The predicted molar refractivity (Wildman–Crippen MR) is 167 cm³/mol. The lowest BCUT2D eigenvalue weighted by Crippen LogP contribution is -2.45. The van der Waals surface area contributed by atoms with Gasteiger partial charge in [0.25, 0.3) is 0 Å². The number of nitrogens with zero attached hydrogens (tertiary/aromatic N) is 6. The van der Waals surface area contributed by atoms with Crippen LogP contribution in [0.4, 0.5) is 16.0 Å². The number of carbonyl (C=O) groups excluding carboxylic acids is 1. The quantitative estimate of drug-likeness (QED) is 0.317. The molecule has 0 spiro atoms. The molecule has 3 N–H and O–H groups in total. The number of nitrogens with one attached hydrogen (secondary N) is 1. The molecule has 0 radical (unpaired) electrons. The van der Waals surface area contributed by atoms with Crippen molar-refractivity contribution in [3.8, 4) is 17.1 Å². The number of aromatic nitrogens is 4. The Hall–Kier alpha value is -4.31. The summed E-state index contributed by atoms with van der Waals surface area (Å²) in [5.74, 6) is 1.96. The average molecular weight is 581 g/mol. The van der Waals surface area contributed by atoms with Crippen molar-refractivity contribution in [1.82, 2.24) is 29.7 Å². The number of nitrogen functional groups attached to an aromatic ring is 1. The number of hydrogen-bond donors (Lipinski definition) is 2. The van der Waals surface area contributed by atoms with Crippen LogP contribution < -0.4 is 16.0 Å². The predicted octanol–water partition coefficient (Wildman–Crippen LogP) is 4.76. The molecule has 1 aliphatic carbocycles. The number of alkyl halides is 1. The van der Waals surface area contributed by atoms with Crippen molar-refractivity contribution in [2.24, 2.45) is 0 Å². The van der Waals surface area contributed by atoms with E-state index in [0.29, 0.717) is 43.6 Å². The largest absolute Gasteiger partial charge is 0.383 e. The van der Waals surface area contributed by atoms with Crippen molar-refractivity contribution in [2.75, 3.05) is 36.8 Å². The zero-order valence-corrected chi connectivity index (χ0v) is 24.3. The first kappa shape index (κ1) is 27.5. The Morgan fingerprint density at radius 3 is 2.60 bits per heavy atom. The van der Waals surface area contributed by atoms with Gasteiger partial charge in [0.2, 0.25) is 5.91 Å². The number of amides is 1. The summed E-state index contributed by atoms with van der Waals surface area (Å²) in [4.78, 5) is 30.4. The van der Waals surface area contributed by atoms with E-state index in [1.165, 1.54) is 17.2 Å². The Kier molecular flexibility index (Phi) is 7.30. The molecule has 3 aliphatic rings. The lowest BCUT2D eigenvalue weighted by molar-refractivity contribution is -0.127. The molecule has 1 atom stereocenters. The summed E-state index contributed by atoms with van der Waals surface area (Å²) >= 11 is 0. The van der Waals surface area contributed by atoms with Crippen LogP contribution in [-0.2, 0) is 11.2 Å². The number of anilines is 2. The monoisotopic (exact) mass is 580 g/mol. The SMILES string of the molecule is C=CC(=O)N1CCC(NC2CCc3cc(-n4c(-c5cccnc5N)nc5ccc(N6CCC(F)CC6)nc54)ccc32)CC1. The van der Waals surface area contributed by atoms with Gasteiger partial charge >= 0.3 is 0 Å². The lowest BCUT2D eigenvalue weighted by atomic mass is 10.0. The minimum Gasteiger partial charge on any atom is -0.383 e. The smallest absolute Gasteiger partial charge is 0.245 e. The topological polar surface area (TPSA) is 105 Å². The fourth-order valence-electron chi connectivity index (χ4n) is 6.83. The average Bonchev–Trinajstić information content (AvgIpc) is 3.62. The molecule has 2 aliphatic heterocycles. The number of benzene rings is 1. The summed E-state index contributed by atoms with van der Waals surface area (Å²) in [6.07, 6.45) is 7.26. The molecule has 0 saturated carbocycles. The minimum atomic E-state index is -0.746. The molecule has 9 nitrogen and oxygen atoms in total. The van der Waals surface area contributed by atoms with E-state index in [9.17, 15) is 9.18 Å². The van der Waals surface area contributed by atoms with Crippen molar-refractivity contribution < 1.29 is 9.18 Å². The van der Waals surface area contributed by atoms with Crippen LogP contribution in [0.15, 0.2) is 61.3 Å². The number of pyridine rings is 2. The molecule has 2 fully saturated rings. The van der Waals surface area contributed by atoms with E-state index in [1.807, 2.05) is 29.2 Å². The number of halogens is 1. The molecule has 43 heavy (non-hydrogen) atoms. The van der Waals surface area contributed by atoms with Gasteiger partial charge in [0.05, 0.1) is 5.56 Å². The third-order valence-corrected chi connectivity index (χ3v) is 9.20. The zero-order chi connectivity index (χ0) is 29.5. The first-order valence-electron chi connectivity index (χ1n) is 15.3. The number of hydrogen-bond acceptors (Lipinski definition) is 7. The van der Waals surface area contributed by atoms with E-state index in [1.54, 1.807) is 6.20 Å². The van der Waals surface area contributed by atoms with Crippen LogP contribution in [0.5, 0.6) is 0 Å². The van der Waals surface area contributed by atoms with Crippen molar-refractivity contribution in [3.05, 3.63) is 72.4 Å². The van der Waals surface area contributed by atoms with E-state index < -0.39 is 6.17 Å². The maximum absolute atomic E-state index is 13.9. The summed E-state index contributed by atoms with van der Waals surface area (Å²) in [6, 6.07) is 15.1. The number of rotatable bonds is 6. The van der Waals surface area contributed by atoms with Gasteiger partial charge < -0.3 is 20.9 Å². The van der Waals surface area contributed by atoms with Gasteiger partial charge in [-0.05, 0) is 92.1 Å². The van der Waals surface area contributed by atoms with Crippen molar-refractivity contribution in [1.29, 1.82) is 0 Å². The van der Waals surface area contributed by atoms with Crippen LogP contribution in [0.3, 0.4) is 0 Å². The molecule has 0 bridgehead atoms. The van der Waals surface area contributed by atoms with Gasteiger partial charge in [-0.3, -0.25) is 9.36 Å². The van der Waals surface area contributed by atoms with E-state index in [4.69, 9.17) is 15.7 Å². The molecular formula is C33H37FN8O. The summed E-state index contributed by atoms with van der Waals surface area (Å²) in [6.45, 7) is 6.43. The highest BCUT2D eigenvalue weighted by Crippen LogP contribution is 2.37. The molecule has 7 rings (SSSR count). The Morgan fingerprint density at radius 1 is 1.02 bits per heavy atom. The van der Waals surface area contributed by atoms with Gasteiger partial charge in [-0.1, -0.05) is 12.6 Å². The number of fused-ring (bicyclic) bond motifs is 2. The molecule has 2 saturated heterocycles. The molecule has 10 heteroatoms. The number of nitrogens with two attached hydrogens (primary N) is 1. The van der Waals surface area contributed by atoms with Gasteiger partial charge in [-0.2, -0.15) is 0 Å². The van der Waals surface area contributed by atoms with Crippen LogP contribution in [0.1, 0.15) is 49.3 Å². The van der Waals surface area contributed by atoms with E-state index >= 15 is 0 Å². The fraction of sp³-hybridized carbons (Fsp3) is 0.394. The number of imidazole rings is 1. The third-order valence-electron chi connectivity index (χ3n) is 9.20. The third kappa shape index (κ3) is 5.24. The zero-order valence-electron chi connectivity index (χ0n) is 24.3. The van der Waals surface area contributed by atoms with Crippen LogP contribution in [0.25, 0.3) is 28.2 Å². The highest BCUT2D eigenvalue weighted by Gasteiger charge is 2.29. The normalized spacial score (nSPS) is 19.6. The fourth-order valence-corrected chi connectivity index (χ4v) is 6.83. The second kappa shape index (κ2) is 11.4. The molecule has 4 aromatic rings. The van der Waals surface area contributed by atoms with Gasteiger partial charge in [0.1, 0.15) is 23.3 Å². The molecular weight excluding hydrogens is 543 g/mol. The molecule has 222 valence electrons. The highest BCUT2D eigenvalue weighted by atomic mass is 19.1. The van der Waals surface area contributed by atoms with E-state index in [-0.39, 0.29) is 11.9 Å². The minimum absolute atomic E-state index is 0.0163. The summed E-state index contributed by atoms with van der Waals surface area (Å²) < 4.78 is 16.0. The molecule has 3 aromatic heterocycles. The van der Waals surface area contributed by atoms with Crippen LogP contribution in [0, 0.1) is 0 Å². The van der Waals surface area contributed by atoms with Crippen LogP contribution in [0.2, 0.25) is 0 Å². The van der Waals surface area contributed by atoms with Gasteiger partial charge in [0.15, 0.2) is 11.5 Å². The van der Waals surface area contributed by atoms with Crippen LogP contribution >= 0.6 is 0 Å². The summed E-state index contributed by atoms with van der Waals surface area (Å²) in [7, 11) is 0. The van der Waals surface area contributed by atoms with E-state index in [2.05, 4.69) is 44.5 Å². The Morgan fingerprint density at radius 2 is 1.84 bits per heavy atom. The Labute approximate surface area is 250 Å². The number of aryl methyl sites for hydroxylation is 1. The second-order valence-corrected chi connectivity index (χ2v) is 11.8. The maximum Gasteiger partial charge on any atom is 0.245 e. The first-order valence-corrected chi connectivity index (χ1v) is 15.3. The number of piperidine rings is 2. The maximum atomic E-state index is 13.9. The van der Waals surface area contributed by atoms with Crippen molar-refractivity contribution >= 4 is 28.7 Å². The van der Waals surface area contributed by atoms with Gasteiger partial charge in [0, 0.05) is 50.1 Å². The van der Waals surface area contributed by atoms with Crippen molar-refractivity contribution in [2.45, 2.75) is 56.8 Å². The highest BCUT2D eigenvalue weighted by molar-refractivity contribution is 5.87. The Balaban J connectivity index is 1.21.